The number of carbonyl (C=O) groups is 2. The fraction of sp³-hybridized carbons (Fsp3) is 0.143. The zero-order chi connectivity index (χ0) is 26.9. The first-order valence-corrected chi connectivity index (χ1v) is 13.8. The molecule has 1 N–H and O–H groups in total. The molecule has 2 aliphatic heterocycles. The van der Waals surface area contributed by atoms with Gasteiger partial charge in [0.25, 0.3) is 5.78 Å². The molecule has 0 spiro atoms. The number of thioether (sulfide) groups is 1. The lowest BCUT2D eigenvalue weighted by Crippen LogP contribution is -2.29. The van der Waals surface area contributed by atoms with Crippen molar-refractivity contribution in [2.24, 2.45) is 0 Å². The van der Waals surface area contributed by atoms with Gasteiger partial charge in [0.1, 0.15) is 24.8 Å². The molecule has 1 fully saturated rings. The van der Waals surface area contributed by atoms with Crippen molar-refractivity contribution < 1.29 is 28.6 Å². The molecule has 1 saturated heterocycles. The van der Waals surface area contributed by atoms with Crippen molar-refractivity contribution in [2.75, 3.05) is 18.1 Å². The summed E-state index contributed by atoms with van der Waals surface area (Å²) in [5, 5.41) is 20.0. The summed E-state index contributed by atoms with van der Waals surface area (Å²) in [7, 11) is 0. The molecule has 0 aliphatic carbocycles. The Hall–Kier alpha value is -4.22. The van der Waals surface area contributed by atoms with Crippen LogP contribution in [-0.2, 0) is 15.3 Å². The maximum Gasteiger partial charge on any atom is 0.301 e. The van der Waals surface area contributed by atoms with Crippen LogP contribution in [0.1, 0.15) is 22.7 Å². The van der Waals surface area contributed by atoms with Gasteiger partial charge in [-0.25, -0.2) is 4.39 Å². The average Bonchev–Trinajstić information content (AvgIpc) is 3.54. The first kappa shape index (κ1) is 25.1. The number of halogens is 1. The van der Waals surface area contributed by atoms with E-state index < -0.39 is 23.5 Å². The van der Waals surface area contributed by atoms with Gasteiger partial charge in [0.2, 0.25) is 5.13 Å². The summed E-state index contributed by atoms with van der Waals surface area (Å²) < 4.78 is 25.6. The van der Waals surface area contributed by atoms with E-state index in [4.69, 9.17) is 9.47 Å². The topological polar surface area (TPSA) is 102 Å². The summed E-state index contributed by atoms with van der Waals surface area (Å²) >= 11 is 2.62. The second kappa shape index (κ2) is 10.5. The molecule has 196 valence electrons. The lowest BCUT2D eigenvalue weighted by Gasteiger charge is -2.23. The number of fused-ring (bicyclic) bond motifs is 1. The Morgan fingerprint density at radius 1 is 1.00 bits per heavy atom. The summed E-state index contributed by atoms with van der Waals surface area (Å²) in [5.41, 5.74) is 1.67. The number of rotatable bonds is 6. The second-order valence-electron chi connectivity index (χ2n) is 8.70. The molecule has 3 aromatic carbocycles. The molecule has 2 aliphatic rings. The highest BCUT2D eigenvalue weighted by atomic mass is 32.2. The molecule has 0 bridgehead atoms. The van der Waals surface area contributed by atoms with Crippen LogP contribution in [-0.4, -0.2) is 40.2 Å². The van der Waals surface area contributed by atoms with Crippen LogP contribution in [0, 0.1) is 5.82 Å². The number of anilines is 1. The zero-order valence-corrected chi connectivity index (χ0v) is 21.9. The minimum atomic E-state index is -1.04. The van der Waals surface area contributed by atoms with Crippen LogP contribution in [0.25, 0.3) is 5.76 Å². The Kier molecular flexibility index (Phi) is 6.76. The van der Waals surface area contributed by atoms with Gasteiger partial charge in [-0.15, -0.1) is 10.2 Å². The van der Waals surface area contributed by atoms with Crippen molar-refractivity contribution in [3.05, 3.63) is 101 Å². The molecule has 1 atom stereocenters. The Labute approximate surface area is 230 Å². The molecular weight excluding hydrogens is 541 g/mol. The average molecular weight is 562 g/mol. The maximum atomic E-state index is 13.8. The van der Waals surface area contributed by atoms with Gasteiger partial charge in [0.05, 0.1) is 11.6 Å². The van der Waals surface area contributed by atoms with Crippen molar-refractivity contribution in [1.29, 1.82) is 0 Å². The number of carbonyl (C=O) groups excluding carboxylic acids is 2. The van der Waals surface area contributed by atoms with Crippen LogP contribution < -0.4 is 14.4 Å². The van der Waals surface area contributed by atoms with Crippen molar-refractivity contribution in [3.63, 3.8) is 0 Å². The third-order valence-corrected chi connectivity index (χ3v) is 8.38. The fourth-order valence-corrected chi connectivity index (χ4v) is 6.24. The van der Waals surface area contributed by atoms with E-state index in [-0.39, 0.29) is 22.0 Å². The smallest absolute Gasteiger partial charge is 0.301 e. The van der Waals surface area contributed by atoms with Gasteiger partial charge in [0.15, 0.2) is 15.8 Å². The van der Waals surface area contributed by atoms with Crippen molar-refractivity contribution in [3.8, 4) is 11.5 Å². The number of benzene rings is 3. The SMILES string of the molecule is O=C1C(=O)N(c2nnc(SCc3ccccc3)s2)C(c2ccc(F)cc2)/C1=C(\O)c1ccc2c(c1)OCCO2. The standard InChI is InChI=1S/C28H20FN3O5S2/c29-19-9-6-17(7-10-19)23-22(24(33)18-8-11-20-21(14-18)37-13-12-36-20)25(34)26(35)32(23)27-30-31-28(39-27)38-15-16-4-2-1-3-5-16/h1-11,14,23,33H,12-13,15H2/b24-22+. The van der Waals surface area contributed by atoms with Crippen LogP contribution in [0.2, 0.25) is 0 Å². The summed E-state index contributed by atoms with van der Waals surface area (Å²) in [4.78, 5) is 28.0. The predicted molar refractivity (Wildman–Crippen MR) is 145 cm³/mol. The number of aliphatic hydroxyl groups is 1. The Balaban J connectivity index is 1.39. The fourth-order valence-electron chi connectivity index (χ4n) is 4.41. The lowest BCUT2D eigenvalue weighted by molar-refractivity contribution is -0.132. The number of nitrogens with zero attached hydrogens (tertiary/aromatic N) is 3. The molecule has 0 radical (unpaired) electrons. The minimum Gasteiger partial charge on any atom is -0.507 e. The highest BCUT2D eigenvalue weighted by molar-refractivity contribution is 8.00. The Morgan fingerprint density at radius 2 is 1.74 bits per heavy atom. The number of amides is 1. The summed E-state index contributed by atoms with van der Waals surface area (Å²) in [5.74, 6) is -1.02. The summed E-state index contributed by atoms with van der Waals surface area (Å²) in [6.45, 7) is 0.750. The van der Waals surface area contributed by atoms with Gasteiger partial charge in [-0.1, -0.05) is 65.6 Å². The van der Waals surface area contributed by atoms with Crippen LogP contribution in [0.3, 0.4) is 0 Å². The quantitative estimate of drug-likeness (QED) is 0.110. The molecule has 0 saturated carbocycles. The number of aromatic nitrogens is 2. The number of hydrogen-bond donors (Lipinski definition) is 1. The lowest BCUT2D eigenvalue weighted by atomic mass is 9.95. The molecule has 1 unspecified atom stereocenters. The third-order valence-electron chi connectivity index (χ3n) is 6.25. The molecule has 1 amide bonds. The summed E-state index contributed by atoms with van der Waals surface area (Å²) in [6, 6.07) is 19.0. The molecule has 1 aromatic heterocycles. The Bertz CT molecular complexity index is 1590. The van der Waals surface area contributed by atoms with Gasteiger partial charge in [-0.05, 0) is 41.5 Å². The first-order valence-electron chi connectivity index (χ1n) is 12.0. The highest BCUT2D eigenvalue weighted by Gasteiger charge is 2.48. The number of hydrogen-bond acceptors (Lipinski definition) is 9. The van der Waals surface area contributed by atoms with E-state index >= 15 is 0 Å². The molecule has 6 rings (SSSR count). The maximum absolute atomic E-state index is 13.8. The van der Waals surface area contributed by atoms with Crippen LogP contribution >= 0.6 is 23.1 Å². The monoisotopic (exact) mass is 561 g/mol. The molecule has 3 heterocycles. The third kappa shape index (κ3) is 4.86. The van der Waals surface area contributed by atoms with E-state index in [1.165, 1.54) is 40.9 Å². The molecule has 8 nitrogen and oxygen atoms in total. The van der Waals surface area contributed by atoms with Crippen LogP contribution in [0.5, 0.6) is 11.5 Å². The number of ether oxygens (including phenoxy) is 2. The van der Waals surface area contributed by atoms with Gasteiger partial charge >= 0.3 is 5.91 Å². The number of ketones is 1. The summed E-state index contributed by atoms with van der Waals surface area (Å²) in [6.07, 6.45) is 0. The van der Waals surface area contributed by atoms with Crippen LogP contribution in [0.4, 0.5) is 9.52 Å². The van der Waals surface area contributed by atoms with Gasteiger partial charge < -0.3 is 14.6 Å². The normalized spacial score (nSPS) is 18.0. The van der Waals surface area contributed by atoms with E-state index in [9.17, 15) is 19.1 Å². The van der Waals surface area contributed by atoms with E-state index in [2.05, 4.69) is 10.2 Å². The number of Topliss-reactive ketones (excluding diaryl/α,β-unsaturated/α-hetero) is 1. The van der Waals surface area contributed by atoms with Gasteiger partial charge in [-0.2, -0.15) is 0 Å². The molecular formula is C28H20FN3O5S2. The molecule has 11 heteroatoms. The van der Waals surface area contributed by atoms with Crippen molar-refractivity contribution >= 4 is 45.7 Å². The van der Waals surface area contributed by atoms with E-state index in [1.54, 1.807) is 18.2 Å². The van der Waals surface area contributed by atoms with Gasteiger partial charge in [-0.3, -0.25) is 14.5 Å². The molecule has 4 aromatic rings. The van der Waals surface area contributed by atoms with Crippen molar-refractivity contribution in [2.45, 2.75) is 16.1 Å². The van der Waals surface area contributed by atoms with Gasteiger partial charge in [0, 0.05) is 11.3 Å². The predicted octanol–water partition coefficient (Wildman–Crippen LogP) is 5.37. The minimum absolute atomic E-state index is 0.142. The van der Waals surface area contributed by atoms with E-state index in [0.29, 0.717) is 40.4 Å². The second-order valence-corrected chi connectivity index (χ2v) is 10.9. The van der Waals surface area contributed by atoms with E-state index in [1.807, 2.05) is 30.3 Å². The first-order chi connectivity index (χ1) is 19.0. The highest BCUT2D eigenvalue weighted by Crippen LogP contribution is 2.44. The zero-order valence-electron chi connectivity index (χ0n) is 20.2. The van der Waals surface area contributed by atoms with E-state index in [0.717, 1.165) is 16.9 Å². The number of aliphatic hydroxyl groups excluding tert-OH is 1. The van der Waals surface area contributed by atoms with Crippen LogP contribution in [0.15, 0.2) is 82.7 Å². The largest absolute Gasteiger partial charge is 0.507 e. The van der Waals surface area contributed by atoms with Crippen molar-refractivity contribution in [1.82, 2.24) is 10.2 Å². The Morgan fingerprint density at radius 3 is 2.51 bits per heavy atom. The molecule has 39 heavy (non-hydrogen) atoms.